The van der Waals surface area contributed by atoms with Crippen LogP contribution in [0.15, 0.2) is 24.5 Å². The van der Waals surface area contributed by atoms with E-state index in [0.717, 1.165) is 32.5 Å². The highest BCUT2D eigenvalue weighted by Gasteiger charge is 2.33. The molecule has 3 heterocycles. The van der Waals surface area contributed by atoms with Crippen molar-refractivity contribution in [3.05, 3.63) is 30.1 Å². The Kier molecular flexibility index (Phi) is 6.46. The van der Waals surface area contributed by atoms with Gasteiger partial charge in [-0.15, -0.1) is 0 Å². The summed E-state index contributed by atoms with van der Waals surface area (Å²) in [5.41, 5.74) is 1.24. The second-order valence-corrected chi connectivity index (χ2v) is 9.56. The van der Waals surface area contributed by atoms with Crippen LogP contribution >= 0.6 is 0 Å². The monoisotopic (exact) mass is 395 g/mol. The van der Waals surface area contributed by atoms with Crippen molar-refractivity contribution in [1.82, 2.24) is 23.4 Å². The lowest BCUT2D eigenvalue weighted by Gasteiger charge is -2.38. The van der Waals surface area contributed by atoms with Gasteiger partial charge in [0, 0.05) is 65.1 Å². The van der Waals surface area contributed by atoms with Gasteiger partial charge in [0.25, 0.3) is 10.2 Å². The molecule has 0 spiro atoms. The first-order valence-corrected chi connectivity index (χ1v) is 10.9. The van der Waals surface area contributed by atoms with E-state index in [1.165, 1.54) is 28.3 Å². The molecule has 0 N–H and O–H groups in total. The summed E-state index contributed by atoms with van der Waals surface area (Å²) >= 11 is 0. The van der Waals surface area contributed by atoms with Crippen molar-refractivity contribution >= 4 is 16.1 Å². The standard InChI is InChI=1S/C18H29N5O3S/c1-20(2)27(25,26)23-13-11-22(12-14-23)18(24)17-5-9-21(10-6-17)15-16-3-7-19-8-4-16/h3-4,7-8,17H,5-6,9-15H2,1-2H3. The van der Waals surface area contributed by atoms with E-state index in [9.17, 15) is 13.2 Å². The topological polar surface area (TPSA) is 77.1 Å². The smallest absolute Gasteiger partial charge is 0.281 e. The minimum atomic E-state index is -3.39. The van der Waals surface area contributed by atoms with E-state index < -0.39 is 10.2 Å². The minimum absolute atomic E-state index is 0.0516. The predicted octanol–water partition coefficient (Wildman–Crippen LogP) is 0.244. The molecule has 3 rings (SSSR count). The quantitative estimate of drug-likeness (QED) is 0.714. The van der Waals surface area contributed by atoms with Crippen LogP contribution in [0, 0.1) is 5.92 Å². The number of likely N-dealkylation sites (tertiary alicyclic amines) is 1. The largest absolute Gasteiger partial charge is 0.340 e. The maximum absolute atomic E-state index is 12.8. The van der Waals surface area contributed by atoms with Crippen LogP contribution in [0.4, 0.5) is 0 Å². The minimum Gasteiger partial charge on any atom is -0.340 e. The van der Waals surface area contributed by atoms with Crippen LogP contribution in [0.25, 0.3) is 0 Å². The number of hydrogen-bond acceptors (Lipinski definition) is 5. The van der Waals surface area contributed by atoms with Gasteiger partial charge in [0.2, 0.25) is 5.91 Å². The zero-order valence-corrected chi connectivity index (χ0v) is 16.9. The first kappa shape index (κ1) is 20.2. The van der Waals surface area contributed by atoms with Crippen LogP contribution < -0.4 is 0 Å². The van der Waals surface area contributed by atoms with Crippen LogP contribution in [-0.4, -0.2) is 91.1 Å². The average Bonchev–Trinajstić information content (AvgIpc) is 2.69. The lowest BCUT2D eigenvalue weighted by Crippen LogP contribution is -2.54. The number of carbonyl (C=O) groups excluding carboxylic acids is 1. The Morgan fingerprint density at radius 3 is 2.22 bits per heavy atom. The Morgan fingerprint density at radius 2 is 1.67 bits per heavy atom. The Balaban J connectivity index is 1.46. The predicted molar refractivity (Wildman–Crippen MR) is 103 cm³/mol. The number of aromatic nitrogens is 1. The first-order valence-electron chi connectivity index (χ1n) is 9.45. The molecule has 2 aliphatic rings. The van der Waals surface area contributed by atoms with Crippen LogP contribution in [0.3, 0.4) is 0 Å². The molecule has 2 aliphatic heterocycles. The molecule has 1 amide bonds. The van der Waals surface area contributed by atoms with E-state index in [0.29, 0.717) is 26.2 Å². The molecule has 0 atom stereocenters. The average molecular weight is 396 g/mol. The highest BCUT2D eigenvalue weighted by atomic mass is 32.2. The molecule has 0 unspecified atom stereocenters. The van der Waals surface area contributed by atoms with Crippen molar-refractivity contribution in [2.24, 2.45) is 5.92 Å². The van der Waals surface area contributed by atoms with E-state index in [2.05, 4.69) is 9.88 Å². The van der Waals surface area contributed by atoms with Crippen molar-refractivity contribution in [3.8, 4) is 0 Å². The van der Waals surface area contributed by atoms with Gasteiger partial charge < -0.3 is 4.90 Å². The summed E-state index contributed by atoms with van der Waals surface area (Å²) in [6, 6.07) is 4.05. The molecule has 0 saturated carbocycles. The summed E-state index contributed by atoms with van der Waals surface area (Å²) in [5, 5.41) is 0. The number of rotatable bonds is 5. The summed E-state index contributed by atoms with van der Waals surface area (Å²) in [5.74, 6) is 0.233. The number of nitrogens with zero attached hydrogens (tertiary/aromatic N) is 5. The molecule has 2 fully saturated rings. The number of carbonyl (C=O) groups is 1. The van der Waals surface area contributed by atoms with E-state index in [-0.39, 0.29) is 11.8 Å². The zero-order chi connectivity index (χ0) is 19.4. The van der Waals surface area contributed by atoms with Gasteiger partial charge in [-0.25, -0.2) is 0 Å². The molecule has 0 bridgehead atoms. The van der Waals surface area contributed by atoms with Gasteiger partial charge in [-0.3, -0.25) is 14.7 Å². The van der Waals surface area contributed by atoms with Crippen molar-refractivity contribution < 1.29 is 13.2 Å². The molecule has 2 saturated heterocycles. The third kappa shape index (κ3) is 4.84. The SMILES string of the molecule is CN(C)S(=O)(=O)N1CCN(C(=O)C2CCN(Cc3ccncc3)CC2)CC1. The van der Waals surface area contributed by atoms with E-state index in [1.54, 1.807) is 0 Å². The highest BCUT2D eigenvalue weighted by molar-refractivity contribution is 7.86. The number of pyridine rings is 1. The van der Waals surface area contributed by atoms with Gasteiger partial charge in [0.1, 0.15) is 0 Å². The number of amides is 1. The van der Waals surface area contributed by atoms with E-state index in [4.69, 9.17) is 0 Å². The van der Waals surface area contributed by atoms with Crippen LogP contribution in [0.1, 0.15) is 18.4 Å². The van der Waals surface area contributed by atoms with E-state index >= 15 is 0 Å². The Morgan fingerprint density at radius 1 is 1.07 bits per heavy atom. The fourth-order valence-electron chi connectivity index (χ4n) is 3.71. The normalized spacial score (nSPS) is 20.9. The molecular weight excluding hydrogens is 366 g/mol. The third-order valence-corrected chi connectivity index (χ3v) is 7.37. The second kappa shape index (κ2) is 8.64. The summed E-state index contributed by atoms with van der Waals surface area (Å²) in [7, 11) is -0.325. The summed E-state index contributed by atoms with van der Waals surface area (Å²) in [4.78, 5) is 21.1. The lowest BCUT2D eigenvalue weighted by atomic mass is 9.94. The molecule has 0 radical (unpaired) electrons. The van der Waals surface area contributed by atoms with Gasteiger partial charge in [0.05, 0.1) is 0 Å². The van der Waals surface area contributed by atoms with Gasteiger partial charge in [0.15, 0.2) is 0 Å². The van der Waals surface area contributed by atoms with Crippen molar-refractivity contribution in [3.63, 3.8) is 0 Å². The first-order chi connectivity index (χ1) is 12.9. The lowest BCUT2D eigenvalue weighted by molar-refractivity contribution is -0.138. The van der Waals surface area contributed by atoms with Crippen molar-refractivity contribution in [1.29, 1.82) is 0 Å². The van der Waals surface area contributed by atoms with Crippen molar-refractivity contribution in [2.45, 2.75) is 19.4 Å². The van der Waals surface area contributed by atoms with Gasteiger partial charge in [-0.05, 0) is 43.6 Å². The fraction of sp³-hybridized carbons (Fsp3) is 0.667. The molecule has 27 heavy (non-hydrogen) atoms. The summed E-state index contributed by atoms with van der Waals surface area (Å²) in [6.07, 6.45) is 5.34. The van der Waals surface area contributed by atoms with Crippen LogP contribution in [0.5, 0.6) is 0 Å². The molecule has 0 aromatic carbocycles. The zero-order valence-electron chi connectivity index (χ0n) is 16.1. The maximum atomic E-state index is 12.8. The Labute approximate surface area is 161 Å². The summed E-state index contributed by atoms with van der Waals surface area (Å²) in [6.45, 7) is 4.40. The van der Waals surface area contributed by atoms with Gasteiger partial charge >= 0.3 is 0 Å². The van der Waals surface area contributed by atoms with E-state index in [1.807, 2.05) is 29.4 Å². The second-order valence-electron chi connectivity index (χ2n) is 7.42. The maximum Gasteiger partial charge on any atom is 0.281 e. The number of piperidine rings is 1. The summed E-state index contributed by atoms with van der Waals surface area (Å²) < 4.78 is 27.1. The molecule has 0 aliphatic carbocycles. The Bertz CT molecular complexity index is 725. The van der Waals surface area contributed by atoms with Gasteiger partial charge in [-0.2, -0.15) is 17.0 Å². The Hall–Kier alpha value is -1.55. The highest BCUT2D eigenvalue weighted by Crippen LogP contribution is 2.22. The molecule has 8 nitrogen and oxygen atoms in total. The molecule has 150 valence electrons. The van der Waals surface area contributed by atoms with Gasteiger partial charge in [-0.1, -0.05) is 0 Å². The molecular formula is C18H29N5O3S. The molecule has 9 heteroatoms. The fourth-order valence-corrected chi connectivity index (χ4v) is 4.80. The number of piperazine rings is 1. The van der Waals surface area contributed by atoms with Crippen molar-refractivity contribution in [2.75, 3.05) is 53.4 Å². The number of hydrogen-bond donors (Lipinski definition) is 0. The third-order valence-electron chi connectivity index (χ3n) is 5.43. The van der Waals surface area contributed by atoms with Crippen LogP contribution in [0.2, 0.25) is 0 Å². The van der Waals surface area contributed by atoms with Crippen LogP contribution in [-0.2, 0) is 21.5 Å². The molecule has 1 aromatic heterocycles. The molecule has 1 aromatic rings.